The Morgan fingerprint density at radius 2 is 1.67 bits per heavy atom. The molecule has 0 atom stereocenters. The van der Waals surface area contributed by atoms with Crippen molar-refractivity contribution in [3.8, 4) is 0 Å². The van der Waals surface area contributed by atoms with Gasteiger partial charge in [-0.05, 0) is 5.56 Å². The van der Waals surface area contributed by atoms with E-state index in [0.29, 0.717) is 26.2 Å². The Morgan fingerprint density at radius 3 is 2.24 bits per heavy atom. The van der Waals surface area contributed by atoms with Crippen LogP contribution in [0.3, 0.4) is 0 Å². The molecule has 1 aromatic carbocycles. The number of hydrogen-bond acceptors (Lipinski definition) is 2. The Labute approximate surface area is 122 Å². The van der Waals surface area contributed by atoms with Crippen LogP contribution in [0.1, 0.15) is 18.4 Å². The van der Waals surface area contributed by atoms with E-state index in [9.17, 15) is 18.0 Å². The van der Waals surface area contributed by atoms with Crippen LogP contribution in [0.15, 0.2) is 30.3 Å². The average molecular weight is 300 g/mol. The molecule has 0 aromatic heterocycles. The van der Waals surface area contributed by atoms with Gasteiger partial charge in [0.25, 0.3) is 0 Å². The number of halogens is 3. The molecule has 1 aromatic rings. The van der Waals surface area contributed by atoms with Crippen LogP contribution in [0, 0.1) is 0 Å². The number of alkyl halides is 3. The molecular formula is C15H19F3N2O. The van der Waals surface area contributed by atoms with Crippen molar-refractivity contribution in [3.05, 3.63) is 35.9 Å². The Hall–Kier alpha value is -1.56. The van der Waals surface area contributed by atoms with E-state index in [0.717, 1.165) is 6.54 Å². The van der Waals surface area contributed by atoms with Crippen molar-refractivity contribution < 1.29 is 18.0 Å². The molecule has 1 heterocycles. The van der Waals surface area contributed by atoms with Gasteiger partial charge in [-0.25, -0.2) is 0 Å². The minimum Gasteiger partial charge on any atom is -0.340 e. The molecule has 6 heteroatoms. The van der Waals surface area contributed by atoms with Crippen LogP contribution in [0.25, 0.3) is 0 Å². The largest absolute Gasteiger partial charge is 0.389 e. The Balaban J connectivity index is 1.74. The first kappa shape index (κ1) is 15.8. The SMILES string of the molecule is O=C(CCC(F)(F)F)N1CCN(Cc2ccccc2)CC1. The summed E-state index contributed by atoms with van der Waals surface area (Å²) in [5.74, 6) is -0.397. The maximum absolute atomic E-state index is 12.1. The van der Waals surface area contributed by atoms with E-state index in [4.69, 9.17) is 0 Å². The fourth-order valence-electron chi connectivity index (χ4n) is 2.40. The molecule has 0 bridgehead atoms. The van der Waals surface area contributed by atoms with Crippen molar-refractivity contribution in [1.29, 1.82) is 0 Å². The number of carbonyl (C=O) groups is 1. The molecule has 1 saturated heterocycles. The van der Waals surface area contributed by atoms with E-state index >= 15 is 0 Å². The highest BCUT2D eigenvalue weighted by Gasteiger charge is 2.30. The molecule has 3 nitrogen and oxygen atoms in total. The molecule has 116 valence electrons. The number of rotatable bonds is 4. The molecule has 0 unspecified atom stereocenters. The molecule has 0 aliphatic carbocycles. The van der Waals surface area contributed by atoms with Crippen molar-refractivity contribution >= 4 is 5.91 Å². The van der Waals surface area contributed by atoms with Gasteiger partial charge in [0.05, 0.1) is 6.42 Å². The molecule has 1 aliphatic rings. The van der Waals surface area contributed by atoms with Crippen molar-refractivity contribution in [2.45, 2.75) is 25.6 Å². The van der Waals surface area contributed by atoms with E-state index in [1.165, 1.54) is 10.5 Å². The Bertz CT molecular complexity index is 454. The fraction of sp³-hybridized carbons (Fsp3) is 0.533. The zero-order valence-electron chi connectivity index (χ0n) is 11.8. The molecule has 21 heavy (non-hydrogen) atoms. The summed E-state index contributed by atoms with van der Waals surface area (Å²) in [7, 11) is 0. The Morgan fingerprint density at radius 1 is 1.05 bits per heavy atom. The predicted octanol–water partition coefficient (Wildman–Crippen LogP) is 2.67. The van der Waals surface area contributed by atoms with Gasteiger partial charge in [0, 0.05) is 39.1 Å². The second-order valence-corrected chi connectivity index (χ2v) is 5.26. The normalized spacial score (nSPS) is 17.0. The highest BCUT2D eigenvalue weighted by atomic mass is 19.4. The minimum absolute atomic E-state index is 0.397. The van der Waals surface area contributed by atoms with Crippen LogP contribution in [0.5, 0.6) is 0 Å². The first-order valence-corrected chi connectivity index (χ1v) is 7.05. The second-order valence-electron chi connectivity index (χ2n) is 5.26. The van der Waals surface area contributed by atoms with Gasteiger partial charge in [0.1, 0.15) is 0 Å². The lowest BCUT2D eigenvalue weighted by molar-refractivity contribution is -0.150. The highest BCUT2D eigenvalue weighted by Crippen LogP contribution is 2.22. The van der Waals surface area contributed by atoms with E-state index in [1.807, 2.05) is 30.3 Å². The summed E-state index contributed by atoms with van der Waals surface area (Å²) in [6.07, 6.45) is -5.73. The lowest BCUT2D eigenvalue weighted by Gasteiger charge is -2.34. The van der Waals surface area contributed by atoms with Crippen LogP contribution >= 0.6 is 0 Å². The first-order chi connectivity index (χ1) is 9.94. The Kier molecular flexibility index (Phi) is 5.22. The van der Waals surface area contributed by atoms with Gasteiger partial charge in [0.15, 0.2) is 0 Å². The van der Waals surface area contributed by atoms with Gasteiger partial charge in [-0.1, -0.05) is 30.3 Å². The van der Waals surface area contributed by atoms with Crippen LogP contribution < -0.4 is 0 Å². The topological polar surface area (TPSA) is 23.6 Å². The predicted molar refractivity (Wildman–Crippen MR) is 73.6 cm³/mol. The van der Waals surface area contributed by atoms with Gasteiger partial charge in [-0.2, -0.15) is 13.2 Å². The lowest BCUT2D eigenvalue weighted by atomic mass is 10.2. The summed E-state index contributed by atoms with van der Waals surface area (Å²) in [4.78, 5) is 15.5. The third kappa shape index (κ3) is 5.38. The molecule has 1 fully saturated rings. The number of hydrogen-bond donors (Lipinski definition) is 0. The quantitative estimate of drug-likeness (QED) is 0.853. The average Bonchev–Trinajstić information content (AvgIpc) is 2.46. The van der Waals surface area contributed by atoms with E-state index < -0.39 is 24.9 Å². The van der Waals surface area contributed by atoms with Gasteiger partial charge >= 0.3 is 6.18 Å². The smallest absolute Gasteiger partial charge is 0.340 e. The summed E-state index contributed by atoms with van der Waals surface area (Å²) in [6, 6.07) is 10.0. The monoisotopic (exact) mass is 300 g/mol. The first-order valence-electron chi connectivity index (χ1n) is 7.05. The van der Waals surface area contributed by atoms with Gasteiger partial charge < -0.3 is 4.90 Å². The molecule has 0 N–H and O–H groups in total. The molecule has 0 saturated carbocycles. The standard InChI is InChI=1S/C15H19F3N2O/c16-15(17,18)7-6-14(21)20-10-8-19(9-11-20)12-13-4-2-1-3-5-13/h1-5H,6-12H2. The summed E-state index contributed by atoms with van der Waals surface area (Å²) >= 11 is 0. The van der Waals surface area contributed by atoms with Gasteiger partial charge in [-0.3, -0.25) is 9.69 Å². The molecule has 1 amide bonds. The molecule has 0 radical (unpaired) electrons. The minimum atomic E-state index is -4.26. The van der Waals surface area contributed by atoms with Gasteiger partial charge in [-0.15, -0.1) is 0 Å². The zero-order chi connectivity index (χ0) is 15.3. The summed E-state index contributed by atoms with van der Waals surface area (Å²) < 4.78 is 36.3. The fourth-order valence-corrected chi connectivity index (χ4v) is 2.40. The highest BCUT2D eigenvalue weighted by molar-refractivity contribution is 5.76. The number of carbonyl (C=O) groups excluding carboxylic acids is 1. The van der Waals surface area contributed by atoms with Crippen LogP contribution in [-0.4, -0.2) is 48.1 Å². The van der Waals surface area contributed by atoms with Crippen molar-refractivity contribution in [3.63, 3.8) is 0 Å². The van der Waals surface area contributed by atoms with Crippen LogP contribution in [0.2, 0.25) is 0 Å². The molecular weight excluding hydrogens is 281 g/mol. The number of piperazine rings is 1. The summed E-state index contributed by atoms with van der Waals surface area (Å²) in [5, 5.41) is 0. The van der Waals surface area contributed by atoms with Crippen LogP contribution in [0.4, 0.5) is 13.2 Å². The van der Waals surface area contributed by atoms with Crippen molar-refractivity contribution in [2.24, 2.45) is 0 Å². The third-order valence-corrected chi connectivity index (χ3v) is 3.60. The molecule has 2 rings (SSSR count). The maximum atomic E-state index is 12.1. The zero-order valence-corrected chi connectivity index (χ0v) is 11.8. The molecule has 0 spiro atoms. The van der Waals surface area contributed by atoms with Gasteiger partial charge in [0.2, 0.25) is 5.91 Å². The maximum Gasteiger partial charge on any atom is 0.389 e. The molecule has 1 aliphatic heterocycles. The third-order valence-electron chi connectivity index (χ3n) is 3.60. The summed E-state index contributed by atoms with van der Waals surface area (Å²) in [5.41, 5.74) is 1.20. The lowest BCUT2D eigenvalue weighted by Crippen LogP contribution is -2.48. The number of nitrogens with zero attached hydrogens (tertiary/aromatic N) is 2. The number of benzene rings is 1. The summed E-state index contributed by atoms with van der Waals surface area (Å²) in [6.45, 7) is 3.22. The van der Waals surface area contributed by atoms with E-state index in [2.05, 4.69) is 4.90 Å². The van der Waals surface area contributed by atoms with E-state index in [-0.39, 0.29) is 0 Å². The second kappa shape index (κ2) is 6.93. The van der Waals surface area contributed by atoms with E-state index in [1.54, 1.807) is 0 Å². The number of amides is 1. The van der Waals surface area contributed by atoms with Crippen molar-refractivity contribution in [2.75, 3.05) is 26.2 Å². The van der Waals surface area contributed by atoms with Crippen molar-refractivity contribution in [1.82, 2.24) is 9.80 Å². The van der Waals surface area contributed by atoms with Crippen LogP contribution in [-0.2, 0) is 11.3 Å².